The van der Waals surface area contributed by atoms with Crippen LogP contribution in [-0.4, -0.2) is 12.5 Å². The topological polar surface area (TPSA) is 15.8 Å². The van der Waals surface area contributed by atoms with Crippen molar-refractivity contribution >= 4 is 7.54 Å². The Labute approximate surface area is 57.5 Å². The molecule has 0 radical (unpaired) electrons. The first kappa shape index (κ1) is 9.13. The van der Waals surface area contributed by atoms with Crippen LogP contribution in [0.15, 0.2) is 18.3 Å². The monoisotopic (exact) mass is 149 g/mol. The Morgan fingerprint density at radius 2 is 1.90 bits per heavy atom. The Bertz CT molecular complexity index is 149. The summed E-state index contributed by atoms with van der Waals surface area (Å²) in [7, 11) is -3.67. The van der Waals surface area contributed by atoms with Gasteiger partial charge in [-0.1, -0.05) is 0 Å². The van der Waals surface area contributed by atoms with Crippen molar-refractivity contribution in [3.63, 3.8) is 0 Å². The molecule has 0 atom stereocenters. The molecule has 0 aliphatic rings. The third-order valence-electron chi connectivity index (χ3n) is 0.753. The third kappa shape index (κ3) is 7.13. The number of nitrogens with one attached hydrogen (secondary N) is 1. The predicted molar refractivity (Wildman–Crippen MR) is 34.6 cm³/mol. The Morgan fingerprint density at radius 1 is 1.40 bits per heavy atom. The molecule has 0 aliphatic heterocycles. The largest absolute Gasteiger partial charge is 0.762 e. The molecule has 0 spiro atoms. The Kier molecular flexibility index (Phi) is 4.53. The normalized spacial score (nSPS) is 8.00. The van der Waals surface area contributed by atoms with E-state index in [9.17, 15) is 12.9 Å². The minimum Gasteiger partial charge on any atom is -0.365 e. The molecule has 1 aromatic heterocycles. The molecule has 0 amide bonds. The molecule has 1 aromatic rings. The minimum atomic E-state index is -3.67. The number of aromatic amines is 1. The van der Waals surface area contributed by atoms with Crippen molar-refractivity contribution in [3.05, 3.63) is 24.0 Å². The van der Waals surface area contributed by atoms with Gasteiger partial charge in [0.1, 0.15) is 0 Å². The van der Waals surface area contributed by atoms with Crippen LogP contribution in [0.25, 0.3) is 0 Å². The number of aromatic nitrogens is 1. The third-order valence-corrected chi connectivity index (χ3v) is 0.753. The quantitative estimate of drug-likeness (QED) is 0.544. The molecule has 0 unspecified atom stereocenters. The van der Waals surface area contributed by atoms with E-state index in [1.54, 1.807) is 0 Å². The van der Waals surface area contributed by atoms with Gasteiger partial charge in [-0.15, -0.1) is 0 Å². The van der Waals surface area contributed by atoms with Gasteiger partial charge < -0.3 is 4.98 Å². The van der Waals surface area contributed by atoms with Gasteiger partial charge in [0.15, 0.2) is 0 Å². The molecular weight excluding hydrogens is 142 g/mol. The van der Waals surface area contributed by atoms with Gasteiger partial charge in [0.25, 0.3) is 0 Å². The van der Waals surface area contributed by atoms with Crippen molar-refractivity contribution in [1.82, 2.24) is 4.98 Å². The fourth-order valence-electron chi connectivity index (χ4n) is 0.420. The van der Waals surface area contributed by atoms with Crippen molar-refractivity contribution < 1.29 is 12.9 Å². The average molecular weight is 149 g/mol. The molecule has 0 saturated carbocycles. The molecule has 0 fully saturated rings. The van der Waals surface area contributed by atoms with Gasteiger partial charge in [0.05, 0.1) is 0 Å². The molecule has 10 heavy (non-hydrogen) atoms. The summed E-state index contributed by atoms with van der Waals surface area (Å²) in [6.45, 7) is 2.03. The Hall–Kier alpha value is -0.865. The molecule has 1 nitrogen and oxygen atoms in total. The summed E-state index contributed by atoms with van der Waals surface area (Å²) in [4.78, 5) is 3.00. The van der Waals surface area contributed by atoms with E-state index in [0.717, 1.165) is 0 Å². The maximum absolute atomic E-state index is 9.67. The molecule has 1 rings (SSSR count). The lowest BCUT2D eigenvalue weighted by atomic mass is 10.5. The van der Waals surface area contributed by atoms with Crippen molar-refractivity contribution in [2.24, 2.45) is 0 Å². The van der Waals surface area contributed by atoms with E-state index >= 15 is 0 Å². The zero-order valence-corrected chi connectivity index (χ0v) is 5.44. The smallest absolute Gasteiger partial charge is 0.365 e. The molecule has 0 saturated heterocycles. The van der Waals surface area contributed by atoms with E-state index < -0.39 is 7.54 Å². The summed E-state index contributed by atoms with van der Waals surface area (Å²) >= 11 is 0. The highest BCUT2D eigenvalue weighted by Crippen LogP contribution is 1.86. The Balaban J connectivity index is 0.000000180. The van der Waals surface area contributed by atoms with Gasteiger partial charge in [-0.2, -0.15) is 0 Å². The van der Waals surface area contributed by atoms with E-state index in [-0.39, 0.29) is 0 Å². The number of halogens is 3. The number of aryl methyl sites for hydroxylation is 1. The Morgan fingerprint density at radius 3 is 2.00 bits per heavy atom. The van der Waals surface area contributed by atoms with Gasteiger partial charge in [-0.25, -0.2) is 0 Å². The highest BCUT2D eigenvalue weighted by molar-refractivity contribution is 6.33. The van der Waals surface area contributed by atoms with Crippen molar-refractivity contribution in [2.75, 3.05) is 0 Å². The van der Waals surface area contributed by atoms with Gasteiger partial charge in [-0.05, 0) is 19.1 Å². The number of hydrogen-bond acceptors (Lipinski definition) is 0. The van der Waals surface area contributed by atoms with Crippen LogP contribution in [0, 0.1) is 6.92 Å². The first-order valence-corrected chi connectivity index (χ1v) is 2.65. The van der Waals surface area contributed by atoms with Gasteiger partial charge in [0.2, 0.25) is 0 Å². The number of rotatable bonds is 0. The second kappa shape index (κ2) is 4.96. The number of hydrogen-bond donors (Lipinski definition) is 1. The standard InChI is InChI=1S/C5H7N.BF3/c1-5-3-2-4-6-5;2-1(3)4/h2-4,6H,1H3;. The highest BCUT2D eigenvalue weighted by atomic mass is 19.4. The van der Waals surface area contributed by atoms with Crippen LogP contribution in [0.5, 0.6) is 0 Å². The van der Waals surface area contributed by atoms with Crippen LogP contribution >= 0.6 is 0 Å². The van der Waals surface area contributed by atoms with Gasteiger partial charge >= 0.3 is 7.54 Å². The zero-order chi connectivity index (χ0) is 7.98. The fourth-order valence-corrected chi connectivity index (χ4v) is 0.420. The number of H-pyrrole nitrogens is 1. The molecule has 1 heterocycles. The lowest BCUT2D eigenvalue weighted by Gasteiger charge is -1.70. The van der Waals surface area contributed by atoms with Crippen LogP contribution in [0.3, 0.4) is 0 Å². The summed E-state index contributed by atoms with van der Waals surface area (Å²) < 4.78 is 29.0. The molecular formula is C5H7BF3N. The van der Waals surface area contributed by atoms with Crippen LogP contribution in [0.1, 0.15) is 5.69 Å². The summed E-state index contributed by atoms with van der Waals surface area (Å²) in [5.41, 5.74) is 1.22. The maximum Gasteiger partial charge on any atom is 0.762 e. The average Bonchev–Trinajstić information content (AvgIpc) is 2.15. The summed E-state index contributed by atoms with van der Waals surface area (Å²) in [5.74, 6) is 0. The summed E-state index contributed by atoms with van der Waals surface area (Å²) in [6, 6.07) is 4.01. The maximum atomic E-state index is 9.67. The van der Waals surface area contributed by atoms with Gasteiger partial charge in [-0.3, -0.25) is 12.9 Å². The van der Waals surface area contributed by atoms with Crippen LogP contribution in [0.4, 0.5) is 12.9 Å². The first-order valence-electron chi connectivity index (χ1n) is 2.65. The molecule has 1 N–H and O–H groups in total. The van der Waals surface area contributed by atoms with E-state index in [1.807, 2.05) is 25.3 Å². The van der Waals surface area contributed by atoms with E-state index in [4.69, 9.17) is 0 Å². The van der Waals surface area contributed by atoms with E-state index in [1.165, 1.54) is 5.69 Å². The second-order valence-corrected chi connectivity index (χ2v) is 1.60. The second-order valence-electron chi connectivity index (χ2n) is 1.60. The summed E-state index contributed by atoms with van der Waals surface area (Å²) in [5, 5.41) is 0. The summed E-state index contributed by atoms with van der Waals surface area (Å²) in [6.07, 6.45) is 1.91. The van der Waals surface area contributed by atoms with Crippen molar-refractivity contribution in [3.8, 4) is 0 Å². The predicted octanol–water partition coefficient (Wildman–Crippen LogP) is 2.20. The lowest BCUT2D eigenvalue weighted by molar-refractivity contribution is 0.535. The molecule has 0 bridgehead atoms. The van der Waals surface area contributed by atoms with Crippen LogP contribution in [0.2, 0.25) is 0 Å². The zero-order valence-electron chi connectivity index (χ0n) is 5.44. The van der Waals surface area contributed by atoms with Gasteiger partial charge in [0, 0.05) is 11.9 Å². The van der Waals surface area contributed by atoms with Crippen LogP contribution in [-0.2, 0) is 0 Å². The molecule has 0 aromatic carbocycles. The molecule has 0 aliphatic carbocycles. The van der Waals surface area contributed by atoms with Crippen molar-refractivity contribution in [2.45, 2.75) is 6.92 Å². The highest BCUT2D eigenvalue weighted by Gasteiger charge is 2.06. The first-order chi connectivity index (χ1) is 4.63. The van der Waals surface area contributed by atoms with E-state index in [0.29, 0.717) is 0 Å². The van der Waals surface area contributed by atoms with E-state index in [2.05, 4.69) is 4.98 Å². The fraction of sp³-hybridized carbons (Fsp3) is 0.200. The van der Waals surface area contributed by atoms with Crippen LogP contribution < -0.4 is 0 Å². The SMILES string of the molecule is Cc1ccc[nH]1.FB(F)F. The molecule has 56 valence electrons. The lowest BCUT2D eigenvalue weighted by Crippen LogP contribution is -1.76. The van der Waals surface area contributed by atoms with Crippen molar-refractivity contribution in [1.29, 1.82) is 0 Å². The molecule has 5 heteroatoms. The minimum absolute atomic E-state index is 1.22.